The standard InChI is InChI=1S/C12H21N3O/c1-12(2,3)14-9-10-5-4-7-15(10)8-6-11(13)16/h4-5,7,14H,6,8-9H2,1-3H3,(H2,13,16). The fraction of sp³-hybridized carbons (Fsp3) is 0.583. The number of nitrogens with two attached hydrogens (primary N) is 1. The van der Waals surface area contributed by atoms with Gasteiger partial charge in [0, 0.05) is 36.9 Å². The van der Waals surface area contributed by atoms with Gasteiger partial charge in [-0.15, -0.1) is 0 Å². The Morgan fingerprint density at radius 2 is 2.19 bits per heavy atom. The first-order chi connectivity index (χ1) is 7.38. The average molecular weight is 223 g/mol. The summed E-state index contributed by atoms with van der Waals surface area (Å²) in [5.74, 6) is -0.261. The maximum atomic E-state index is 10.7. The molecule has 0 fully saturated rings. The normalized spacial score (nSPS) is 11.7. The molecule has 0 aliphatic carbocycles. The van der Waals surface area contributed by atoms with Crippen LogP contribution >= 0.6 is 0 Å². The molecule has 0 aliphatic rings. The second-order valence-corrected chi connectivity index (χ2v) is 5.01. The molecule has 4 heteroatoms. The van der Waals surface area contributed by atoms with Crippen LogP contribution in [0.15, 0.2) is 18.3 Å². The number of carbonyl (C=O) groups is 1. The van der Waals surface area contributed by atoms with E-state index in [9.17, 15) is 4.79 Å². The lowest BCUT2D eigenvalue weighted by Crippen LogP contribution is -2.35. The monoisotopic (exact) mass is 223 g/mol. The molecule has 4 nitrogen and oxygen atoms in total. The fourth-order valence-electron chi connectivity index (χ4n) is 1.41. The van der Waals surface area contributed by atoms with Crippen LogP contribution in [0.25, 0.3) is 0 Å². The van der Waals surface area contributed by atoms with Gasteiger partial charge in [-0.25, -0.2) is 0 Å². The maximum Gasteiger partial charge on any atom is 0.219 e. The van der Waals surface area contributed by atoms with Gasteiger partial charge >= 0.3 is 0 Å². The highest BCUT2D eigenvalue weighted by atomic mass is 16.1. The van der Waals surface area contributed by atoms with Crippen LogP contribution in [0.2, 0.25) is 0 Å². The van der Waals surface area contributed by atoms with Crippen LogP contribution in [-0.2, 0) is 17.9 Å². The van der Waals surface area contributed by atoms with Crippen LogP contribution in [-0.4, -0.2) is 16.0 Å². The van der Waals surface area contributed by atoms with Crippen molar-refractivity contribution < 1.29 is 4.79 Å². The van der Waals surface area contributed by atoms with E-state index in [4.69, 9.17) is 5.73 Å². The molecule has 0 saturated carbocycles. The Morgan fingerprint density at radius 3 is 2.75 bits per heavy atom. The summed E-state index contributed by atoms with van der Waals surface area (Å²) in [7, 11) is 0. The Hall–Kier alpha value is -1.29. The highest BCUT2D eigenvalue weighted by Crippen LogP contribution is 2.06. The van der Waals surface area contributed by atoms with Gasteiger partial charge < -0.3 is 15.6 Å². The van der Waals surface area contributed by atoms with Gasteiger partial charge in [-0.1, -0.05) is 0 Å². The summed E-state index contributed by atoms with van der Waals surface area (Å²) in [6, 6.07) is 4.04. The summed E-state index contributed by atoms with van der Waals surface area (Å²) in [5, 5.41) is 3.42. The lowest BCUT2D eigenvalue weighted by molar-refractivity contribution is -0.118. The van der Waals surface area contributed by atoms with E-state index in [0.29, 0.717) is 13.0 Å². The third-order valence-electron chi connectivity index (χ3n) is 2.32. The maximum absolute atomic E-state index is 10.7. The molecule has 0 aliphatic heterocycles. The molecular weight excluding hydrogens is 202 g/mol. The molecule has 0 radical (unpaired) electrons. The molecule has 3 N–H and O–H groups in total. The SMILES string of the molecule is CC(C)(C)NCc1cccn1CCC(N)=O. The third-order valence-corrected chi connectivity index (χ3v) is 2.32. The zero-order valence-electron chi connectivity index (χ0n) is 10.3. The predicted octanol–water partition coefficient (Wildman–Crippen LogP) is 1.25. The molecule has 16 heavy (non-hydrogen) atoms. The van der Waals surface area contributed by atoms with Crippen molar-refractivity contribution in [1.82, 2.24) is 9.88 Å². The van der Waals surface area contributed by atoms with Crippen LogP contribution in [0.5, 0.6) is 0 Å². The summed E-state index contributed by atoms with van der Waals surface area (Å²) in [6.45, 7) is 7.84. The van der Waals surface area contributed by atoms with E-state index in [1.807, 2.05) is 12.3 Å². The fourth-order valence-corrected chi connectivity index (χ4v) is 1.41. The number of hydrogen-bond donors (Lipinski definition) is 2. The first-order valence-corrected chi connectivity index (χ1v) is 5.56. The Bertz CT molecular complexity index is 349. The number of hydrogen-bond acceptors (Lipinski definition) is 2. The molecule has 0 bridgehead atoms. The van der Waals surface area contributed by atoms with Crippen molar-refractivity contribution in [3.63, 3.8) is 0 Å². The first-order valence-electron chi connectivity index (χ1n) is 5.56. The predicted molar refractivity (Wildman–Crippen MR) is 64.8 cm³/mol. The average Bonchev–Trinajstić information content (AvgIpc) is 2.57. The van der Waals surface area contributed by atoms with Crippen LogP contribution in [0, 0.1) is 0 Å². The lowest BCUT2D eigenvalue weighted by atomic mass is 10.1. The number of aryl methyl sites for hydroxylation is 1. The van der Waals surface area contributed by atoms with Gasteiger partial charge in [-0.2, -0.15) is 0 Å². The van der Waals surface area contributed by atoms with Crippen molar-refractivity contribution >= 4 is 5.91 Å². The summed E-state index contributed by atoms with van der Waals surface area (Å²) >= 11 is 0. The van der Waals surface area contributed by atoms with Gasteiger partial charge in [-0.3, -0.25) is 4.79 Å². The molecule has 1 rings (SSSR count). The van der Waals surface area contributed by atoms with Gasteiger partial charge in [0.25, 0.3) is 0 Å². The van der Waals surface area contributed by atoms with Crippen LogP contribution in [0.3, 0.4) is 0 Å². The Kier molecular flexibility index (Phi) is 4.12. The van der Waals surface area contributed by atoms with Crippen molar-refractivity contribution in [2.24, 2.45) is 5.73 Å². The molecule has 1 aromatic rings. The van der Waals surface area contributed by atoms with Crippen LogP contribution in [0.4, 0.5) is 0 Å². The van der Waals surface area contributed by atoms with E-state index in [0.717, 1.165) is 6.54 Å². The molecule has 1 aromatic heterocycles. The number of nitrogens with one attached hydrogen (secondary N) is 1. The first kappa shape index (κ1) is 12.8. The minimum Gasteiger partial charge on any atom is -0.370 e. The van der Waals surface area contributed by atoms with E-state index in [1.54, 1.807) is 0 Å². The number of carbonyl (C=O) groups excluding carboxylic acids is 1. The van der Waals surface area contributed by atoms with Gasteiger partial charge in [0.05, 0.1) is 0 Å². The van der Waals surface area contributed by atoms with Crippen molar-refractivity contribution in [3.8, 4) is 0 Å². The van der Waals surface area contributed by atoms with Crippen molar-refractivity contribution in [2.75, 3.05) is 0 Å². The zero-order chi connectivity index (χ0) is 12.2. The van der Waals surface area contributed by atoms with Gasteiger partial charge in [0.15, 0.2) is 0 Å². The Balaban J connectivity index is 2.53. The van der Waals surface area contributed by atoms with E-state index in [-0.39, 0.29) is 11.4 Å². The molecule has 0 atom stereocenters. The summed E-state index contributed by atoms with van der Waals surface area (Å²) in [5.41, 5.74) is 6.41. The highest BCUT2D eigenvalue weighted by molar-refractivity contribution is 5.73. The van der Waals surface area contributed by atoms with Gasteiger partial charge in [0.2, 0.25) is 5.91 Å². The van der Waals surface area contributed by atoms with Crippen LogP contribution in [0.1, 0.15) is 32.9 Å². The van der Waals surface area contributed by atoms with E-state index >= 15 is 0 Å². The number of nitrogens with zero attached hydrogens (tertiary/aromatic N) is 1. The second kappa shape index (κ2) is 5.16. The zero-order valence-corrected chi connectivity index (χ0v) is 10.3. The summed E-state index contributed by atoms with van der Waals surface area (Å²) < 4.78 is 2.06. The Labute approximate surface area is 96.8 Å². The number of aromatic nitrogens is 1. The van der Waals surface area contributed by atoms with E-state index in [2.05, 4.69) is 36.7 Å². The number of primary amides is 1. The molecule has 90 valence electrons. The molecule has 0 unspecified atom stereocenters. The van der Waals surface area contributed by atoms with Crippen molar-refractivity contribution in [3.05, 3.63) is 24.0 Å². The van der Waals surface area contributed by atoms with Crippen molar-refractivity contribution in [1.29, 1.82) is 0 Å². The largest absolute Gasteiger partial charge is 0.370 e. The minimum absolute atomic E-state index is 0.0960. The summed E-state index contributed by atoms with van der Waals surface area (Å²) in [6.07, 6.45) is 2.36. The summed E-state index contributed by atoms with van der Waals surface area (Å²) in [4.78, 5) is 10.7. The molecule has 0 spiro atoms. The van der Waals surface area contributed by atoms with E-state index in [1.165, 1.54) is 5.69 Å². The molecule has 1 amide bonds. The molecule has 0 aromatic carbocycles. The van der Waals surface area contributed by atoms with Crippen LogP contribution < -0.4 is 11.1 Å². The van der Waals surface area contributed by atoms with Gasteiger partial charge in [-0.05, 0) is 32.9 Å². The van der Waals surface area contributed by atoms with Gasteiger partial charge in [0.1, 0.15) is 0 Å². The van der Waals surface area contributed by atoms with E-state index < -0.39 is 0 Å². The smallest absolute Gasteiger partial charge is 0.219 e. The number of rotatable bonds is 5. The number of amides is 1. The molecular formula is C12H21N3O. The Morgan fingerprint density at radius 1 is 1.50 bits per heavy atom. The quantitative estimate of drug-likeness (QED) is 0.789. The lowest BCUT2D eigenvalue weighted by Gasteiger charge is -2.21. The topological polar surface area (TPSA) is 60.1 Å². The molecule has 0 saturated heterocycles. The highest BCUT2D eigenvalue weighted by Gasteiger charge is 2.10. The third kappa shape index (κ3) is 4.49. The van der Waals surface area contributed by atoms with Crippen molar-refractivity contribution in [2.45, 2.75) is 45.8 Å². The second-order valence-electron chi connectivity index (χ2n) is 5.01. The minimum atomic E-state index is -0.261. The molecule has 1 heterocycles.